The lowest BCUT2D eigenvalue weighted by atomic mass is 9.84. The number of aromatic nitrogens is 2. The summed E-state index contributed by atoms with van der Waals surface area (Å²) in [5.74, 6) is 1.64. The Bertz CT molecular complexity index is 693. The summed E-state index contributed by atoms with van der Waals surface area (Å²) in [5.41, 5.74) is 0.916. The minimum absolute atomic E-state index is 0.187. The van der Waals surface area contributed by atoms with Crippen molar-refractivity contribution in [1.82, 2.24) is 15.0 Å². The molecule has 3 rings (SSSR count). The molecule has 0 aliphatic heterocycles. The molecule has 1 aliphatic rings. The maximum Gasteiger partial charge on any atom is 0.228 e. The fourth-order valence-corrected chi connectivity index (χ4v) is 3.07. The number of hydrogen-bond donors (Lipinski definition) is 0. The number of halogens is 1. The van der Waals surface area contributed by atoms with Gasteiger partial charge >= 0.3 is 0 Å². The second-order valence-corrected chi connectivity index (χ2v) is 7.44. The van der Waals surface area contributed by atoms with Crippen molar-refractivity contribution in [2.24, 2.45) is 5.92 Å². The second kappa shape index (κ2) is 7.47. The number of hydrogen-bond acceptors (Lipinski definition) is 4. The van der Waals surface area contributed by atoms with Gasteiger partial charge in [0.2, 0.25) is 17.6 Å². The second-order valence-electron chi connectivity index (χ2n) is 6.52. The Morgan fingerprint density at radius 3 is 2.62 bits per heavy atom. The predicted molar refractivity (Wildman–Crippen MR) is 95.3 cm³/mol. The maximum absolute atomic E-state index is 12.5. The Morgan fingerprint density at radius 1 is 1.33 bits per heavy atom. The summed E-state index contributed by atoms with van der Waals surface area (Å²) in [4.78, 5) is 18.9. The molecule has 24 heavy (non-hydrogen) atoms. The Balaban J connectivity index is 1.63. The molecule has 1 aliphatic carbocycles. The molecule has 6 heteroatoms. The lowest BCUT2D eigenvalue weighted by Gasteiger charge is -2.34. The summed E-state index contributed by atoms with van der Waals surface area (Å²) in [5, 5.41) is 4.04. The Morgan fingerprint density at radius 2 is 2.04 bits per heavy atom. The van der Waals surface area contributed by atoms with Crippen molar-refractivity contribution >= 4 is 21.8 Å². The zero-order valence-electron chi connectivity index (χ0n) is 14.0. The van der Waals surface area contributed by atoms with Crippen LogP contribution in [0, 0.1) is 5.92 Å². The van der Waals surface area contributed by atoms with Crippen LogP contribution in [0.25, 0.3) is 11.4 Å². The van der Waals surface area contributed by atoms with E-state index < -0.39 is 0 Å². The molecule has 1 fully saturated rings. The first kappa shape index (κ1) is 17.1. The van der Waals surface area contributed by atoms with Crippen LogP contribution in [-0.4, -0.2) is 33.5 Å². The van der Waals surface area contributed by atoms with Gasteiger partial charge in [0.25, 0.3) is 0 Å². The van der Waals surface area contributed by atoms with Gasteiger partial charge in [0.15, 0.2) is 0 Å². The van der Waals surface area contributed by atoms with Gasteiger partial charge in [-0.2, -0.15) is 4.98 Å². The zero-order chi connectivity index (χ0) is 17.1. The quantitative estimate of drug-likeness (QED) is 0.744. The number of amides is 1. The molecule has 0 N–H and O–H groups in total. The van der Waals surface area contributed by atoms with E-state index >= 15 is 0 Å². The van der Waals surface area contributed by atoms with Crippen molar-refractivity contribution < 1.29 is 9.32 Å². The largest absolute Gasteiger partial charge is 0.340 e. The summed E-state index contributed by atoms with van der Waals surface area (Å²) in [6.07, 6.45) is 3.80. The minimum atomic E-state index is 0.187. The summed E-state index contributed by atoms with van der Waals surface area (Å²) in [7, 11) is 0. The summed E-state index contributed by atoms with van der Waals surface area (Å²) in [6, 6.07) is 7.97. The molecular weight excluding hydrogens is 370 g/mol. The van der Waals surface area contributed by atoms with Crippen LogP contribution < -0.4 is 0 Å². The fraction of sp³-hybridized carbons (Fsp3) is 0.500. The van der Waals surface area contributed by atoms with E-state index in [1.165, 1.54) is 6.42 Å². The van der Waals surface area contributed by atoms with Crippen LogP contribution >= 0.6 is 15.9 Å². The van der Waals surface area contributed by atoms with E-state index in [0.29, 0.717) is 24.7 Å². The van der Waals surface area contributed by atoms with Gasteiger partial charge in [0.05, 0.1) is 0 Å². The van der Waals surface area contributed by atoms with Crippen molar-refractivity contribution in [3.8, 4) is 11.4 Å². The van der Waals surface area contributed by atoms with E-state index in [4.69, 9.17) is 4.52 Å². The standard InChI is InChI=1S/C18H22BrN3O2/c1-12(2)22(18(23)14-4-3-5-14)11-10-16-20-17(21-24-16)13-6-8-15(19)9-7-13/h6-9,12,14H,3-5,10-11H2,1-2H3. The fourth-order valence-electron chi connectivity index (χ4n) is 2.80. The predicted octanol–water partition coefficient (Wildman–Crippen LogP) is 4.08. The topological polar surface area (TPSA) is 59.2 Å². The third-order valence-corrected chi connectivity index (χ3v) is 5.03. The lowest BCUT2D eigenvalue weighted by Crippen LogP contribution is -2.44. The van der Waals surface area contributed by atoms with Crippen molar-refractivity contribution in [3.63, 3.8) is 0 Å². The van der Waals surface area contributed by atoms with E-state index in [1.807, 2.05) is 29.2 Å². The van der Waals surface area contributed by atoms with Gasteiger partial charge in [0, 0.05) is 35.0 Å². The smallest absolute Gasteiger partial charge is 0.228 e. The molecule has 5 nitrogen and oxygen atoms in total. The molecule has 0 atom stereocenters. The van der Waals surface area contributed by atoms with E-state index in [2.05, 4.69) is 39.9 Å². The molecule has 2 aromatic rings. The van der Waals surface area contributed by atoms with Crippen LogP contribution in [0.2, 0.25) is 0 Å². The highest BCUT2D eigenvalue weighted by Gasteiger charge is 2.30. The molecular formula is C18H22BrN3O2. The number of benzene rings is 1. The van der Waals surface area contributed by atoms with Crippen LogP contribution in [0.3, 0.4) is 0 Å². The lowest BCUT2D eigenvalue weighted by molar-refractivity contribution is -0.139. The van der Waals surface area contributed by atoms with Crippen LogP contribution in [0.4, 0.5) is 0 Å². The van der Waals surface area contributed by atoms with Crippen molar-refractivity contribution in [1.29, 1.82) is 0 Å². The number of carbonyl (C=O) groups is 1. The van der Waals surface area contributed by atoms with Crippen molar-refractivity contribution in [2.45, 2.75) is 45.6 Å². The van der Waals surface area contributed by atoms with Gasteiger partial charge in [0.1, 0.15) is 0 Å². The zero-order valence-corrected chi connectivity index (χ0v) is 15.6. The highest BCUT2D eigenvalue weighted by atomic mass is 79.9. The van der Waals surface area contributed by atoms with Gasteiger partial charge in [-0.15, -0.1) is 0 Å². The molecule has 1 heterocycles. The van der Waals surface area contributed by atoms with Crippen LogP contribution in [0.5, 0.6) is 0 Å². The number of carbonyl (C=O) groups excluding carboxylic acids is 1. The van der Waals surface area contributed by atoms with E-state index in [9.17, 15) is 4.79 Å². The van der Waals surface area contributed by atoms with Crippen LogP contribution in [0.1, 0.15) is 39.0 Å². The third kappa shape index (κ3) is 3.86. The van der Waals surface area contributed by atoms with Gasteiger partial charge < -0.3 is 9.42 Å². The SMILES string of the molecule is CC(C)N(CCc1nc(-c2ccc(Br)cc2)no1)C(=O)C1CCC1. The first-order valence-corrected chi connectivity index (χ1v) is 9.23. The van der Waals surface area contributed by atoms with E-state index in [1.54, 1.807) is 0 Å². The Labute approximate surface area is 150 Å². The first-order chi connectivity index (χ1) is 11.5. The first-order valence-electron chi connectivity index (χ1n) is 8.43. The van der Waals surface area contributed by atoms with Gasteiger partial charge in [-0.25, -0.2) is 0 Å². The Kier molecular flexibility index (Phi) is 5.33. The van der Waals surface area contributed by atoms with E-state index in [0.717, 1.165) is 22.9 Å². The molecule has 1 saturated carbocycles. The molecule has 0 spiro atoms. The molecule has 1 amide bonds. The van der Waals surface area contributed by atoms with Gasteiger partial charge in [-0.05, 0) is 51.0 Å². The number of rotatable bonds is 6. The molecule has 1 aromatic carbocycles. The normalized spacial score (nSPS) is 14.7. The molecule has 0 unspecified atom stereocenters. The third-order valence-electron chi connectivity index (χ3n) is 4.50. The molecule has 128 valence electrons. The summed E-state index contributed by atoms with van der Waals surface area (Å²) >= 11 is 3.41. The molecule has 1 aromatic heterocycles. The summed E-state index contributed by atoms with van der Waals surface area (Å²) < 4.78 is 6.36. The van der Waals surface area contributed by atoms with Gasteiger partial charge in [-0.1, -0.05) is 27.5 Å². The van der Waals surface area contributed by atoms with Crippen molar-refractivity contribution in [3.05, 3.63) is 34.6 Å². The molecule has 0 bridgehead atoms. The average Bonchev–Trinajstić information content (AvgIpc) is 2.95. The van der Waals surface area contributed by atoms with Crippen molar-refractivity contribution in [2.75, 3.05) is 6.54 Å². The van der Waals surface area contributed by atoms with Gasteiger partial charge in [-0.3, -0.25) is 4.79 Å². The summed E-state index contributed by atoms with van der Waals surface area (Å²) in [6.45, 7) is 4.73. The highest BCUT2D eigenvalue weighted by molar-refractivity contribution is 9.10. The number of nitrogens with zero attached hydrogens (tertiary/aromatic N) is 3. The van der Waals surface area contributed by atoms with E-state index in [-0.39, 0.29) is 17.9 Å². The van der Waals surface area contributed by atoms with Crippen LogP contribution in [0.15, 0.2) is 33.3 Å². The highest BCUT2D eigenvalue weighted by Crippen LogP contribution is 2.29. The molecule has 0 radical (unpaired) electrons. The average molecular weight is 392 g/mol. The molecule has 0 saturated heterocycles. The monoisotopic (exact) mass is 391 g/mol. The Hall–Kier alpha value is -1.69. The minimum Gasteiger partial charge on any atom is -0.340 e. The van der Waals surface area contributed by atoms with Crippen LogP contribution in [-0.2, 0) is 11.2 Å². The maximum atomic E-state index is 12.5.